The van der Waals surface area contributed by atoms with Crippen LogP contribution in [0.1, 0.15) is 18.9 Å². The normalized spacial score (nSPS) is 21.0. The minimum atomic E-state index is -0.631. The molecule has 0 fully saturated rings. The second kappa shape index (κ2) is 6.08. The van der Waals surface area contributed by atoms with Crippen LogP contribution in [0, 0.1) is 11.8 Å². The molecule has 22 heavy (non-hydrogen) atoms. The third-order valence-electron chi connectivity index (χ3n) is 3.99. The molecule has 0 aliphatic carbocycles. The number of benzene rings is 2. The lowest BCUT2D eigenvalue weighted by Gasteiger charge is -2.35. The van der Waals surface area contributed by atoms with E-state index >= 15 is 0 Å². The van der Waals surface area contributed by atoms with Gasteiger partial charge in [-0.25, -0.2) is 0 Å². The van der Waals surface area contributed by atoms with Gasteiger partial charge in [0.1, 0.15) is 0 Å². The van der Waals surface area contributed by atoms with Crippen molar-refractivity contribution in [3.05, 3.63) is 60.2 Å². The summed E-state index contributed by atoms with van der Waals surface area (Å²) in [4.78, 5) is 2.64. The van der Waals surface area contributed by atoms with Crippen LogP contribution < -0.4 is 4.90 Å². The molecule has 2 aromatic carbocycles. The summed E-state index contributed by atoms with van der Waals surface area (Å²) < 4.78 is 0. The van der Waals surface area contributed by atoms with Gasteiger partial charge < -0.3 is 10.0 Å². The van der Waals surface area contributed by atoms with Gasteiger partial charge in [-0.2, -0.15) is 0 Å². The summed E-state index contributed by atoms with van der Waals surface area (Å²) in [6.07, 6.45) is 0.139. The zero-order valence-electron chi connectivity index (χ0n) is 12.8. The summed E-state index contributed by atoms with van der Waals surface area (Å²) in [7, 11) is 2.01. The summed E-state index contributed by atoms with van der Waals surface area (Å²) in [6.45, 7) is 1.99. The fraction of sp³-hybridized carbons (Fsp3) is 0.263. The fourth-order valence-electron chi connectivity index (χ4n) is 2.68. The van der Waals surface area contributed by atoms with Crippen molar-refractivity contribution in [1.29, 1.82) is 0 Å². The molecule has 0 saturated heterocycles. The Morgan fingerprint density at radius 2 is 1.82 bits per heavy atom. The van der Waals surface area contributed by atoms with E-state index in [0.717, 1.165) is 11.3 Å². The van der Waals surface area contributed by atoms with Gasteiger partial charge in [0.2, 0.25) is 0 Å². The second-order valence-corrected chi connectivity index (χ2v) is 6.63. The van der Waals surface area contributed by atoms with E-state index in [9.17, 15) is 5.11 Å². The number of aliphatic hydroxyl groups excluding tert-OH is 1. The molecule has 0 saturated carbocycles. The van der Waals surface area contributed by atoms with Crippen LogP contribution in [-0.4, -0.2) is 23.1 Å². The van der Waals surface area contributed by atoms with Crippen LogP contribution in [0.25, 0.3) is 0 Å². The van der Waals surface area contributed by atoms with Gasteiger partial charge in [-0.15, -0.1) is 0 Å². The van der Waals surface area contributed by atoms with Crippen LogP contribution in [0.15, 0.2) is 59.5 Å². The number of nitrogens with zero attached hydrogens (tertiary/aromatic N) is 1. The molecule has 2 nitrogen and oxygen atoms in total. The maximum atomic E-state index is 10.7. The number of hydrogen-bond donors (Lipinski definition) is 1. The first-order valence-corrected chi connectivity index (χ1v) is 8.27. The quantitative estimate of drug-likeness (QED) is 0.855. The average molecular weight is 309 g/mol. The Kier molecular flexibility index (Phi) is 4.15. The zero-order chi connectivity index (χ0) is 15.6. The van der Waals surface area contributed by atoms with Crippen molar-refractivity contribution in [3.8, 4) is 11.8 Å². The second-order valence-electron chi connectivity index (χ2n) is 5.37. The Labute approximate surface area is 136 Å². The van der Waals surface area contributed by atoms with E-state index in [1.54, 1.807) is 11.8 Å². The molecule has 1 aliphatic rings. The first-order valence-electron chi connectivity index (χ1n) is 7.45. The smallest absolute Gasteiger partial charge is 0.179 e. The molecule has 3 heteroatoms. The summed E-state index contributed by atoms with van der Waals surface area (Å²) in [5, 5.41) is 10.7. The molecule has 0 unspecified atom stereocenters. The van der Waals surface area contributed by atoms with Crippen LogP contribution in [0.2, 0.25) is 0 Å². The van der Waals surface area contributed by atoms with E-state index in [1.165, 1.54) is 4.90 Å². The molecular formula is C19H19NOS. The first-order chi connectivity index (χ1) is 10.7. The summed E-state index contributed by atoms with van der Waals surface area (Å²) >= 11 is 1.65. The van der Waals surface area contributed by atoms with E-state index in [-0.39, 0.29) is 0 Å². The van der Waals surface area contributed by atoms with E-state index in [4.69, 9.17) is 0 Å². The van der Waals surface area contributed by atoms with Gasteiger partial charge in [0, 0.05) is 17.5 Å². The van der Waals surface area contributed by atoms with Gasteiger partial charge in [-0.1, -0.05) is 60.9 Å². The lowest BCUT2D eigenvalue weighted by atomic mass is 10.1. The Hall–Kier alpha value is -1.89. The van der Waals surface area contributed by atoms with Crippen molar-refractivity contribution in [2.24, 2.45) is 0 Å². The highest BCUT2D eigenvalue weighted by Crippen LogP contribution is 2.51. The predicted octanol–water partition coefficient (Wildman–Crippen LogP) is 3.75. The van der Waals surface area contributed by atoms with Gasteiger partial charge >= 0.3 is 0 Å². The molecule has 1 heterocycles. The number of fused-ring (bicyclic) bond motifs is 1. The van der Waals surface area contributed by atoms with Crippen LogP contribution in [0.4, 0.5) is 5.69 Å². The number of likely N-dealkylation sites (N-methyl/N-ethyl adjacent to an activating group) is 1. The van der Waals surface area contributed by atoms with Crippen molar-refractivity contribution in [1.82, 2.24) is 0 Å². The number of aliphatic hydroxyl groups is 1. The van der Waals surface area contributed by atoms with E-state index in [1.807, 2.05) is 56.4 Å². The maximum Gasteiger partial charge on any atom is 0.179 e. The molecule has 0 aromatic heterocycles. The number of thioether (sulfide) groups is 1. The molecule has 0 spiro atoms. The van der Waals surface area contributed by atoms with Crippen molar-refractivity contribution in [2.75, 3.05) is 11.9 Å². The Morgan fingerprint density at radius 1 is 1.14 bits per heavy atom. The molecule has 1 aliphatic heterocycles. The molecule has 3 rings (SSSR count). The standard InChI is InChI=1S/C19H19NOS/c1-3-18(21)19(14-13-15-9-5-4-6-10-15)20(2)16-11-7-8-12-17(16)22-19/h4-12,18,21H,3H2,1-2H3/t18-,19+/m0/s1. The third-order valence-corrected chi connectivity index (χ3v) is 5.51. The highest BCUT2D eigenvalue weighted by Gasteiger charge is 2.46. The number of hydrogen-bond acceptors (Lipinski definition) is 3. The Bertz CT molecular complexity index is 719. The first kappa shape index (κ1) is 15.0. The van der Waals surface area contributed by atoms with Gasteiger partial charge in [0.15, 0.2) is 4.87 Å². The monoisotopic (exact) mass is 309 g/mol. The lowest BCUT2D eigenvalue weighted by molar-refractivity contribution is 0.146. The highest BCUT2D eigenvalue weighted by molar-refractivity contribution is 8.01. The number of para-hydroxylation sites is 1. The van der Waals surface area contributed by atoms with Crippen molar-refractivity contribution in [2.45, 2.75) is 29.2 Å². The molecule has 2 aromatic rings. The summed E-state index contributed by atoms with van der Waals surface area (Å²) in [6, 6.07) is 18.1. The van der Waals surface area contributed by atoms with Crippen molar-refractivity contribution in [3.63, 3.8) is 0 Å². The molecular weight excluding hydrogens is 290 g/mol. The fourth-order valence-corrected chi connectivity index (χ4v) is 4.11. The van der Waals surface area contributed by atoms with Gasteiger partial charge in [-0.3, -0.25) is 0 Å². The summed E-state index contributed by atoms with van der Waals surface area (Å²) in [5.41, 5.74) is 2.09. The molecule has 2 atom stereocenters. The Balaban J connectivity index is 2.04. The maximum absolute atomic E-state index is 10.7. The molecule has 0 bridgehead atoms. The molecule has 112 valence electrons. The van der Waals surface area contributed by atoms with Gasteiger partial charge in [0.25, 0.3) is 0 Å². The average Bonchev–Trinajstić information content (AvgIpc) is 2.87. The number of rotatable bonds is 2. The van der Waals surface area contributed by atoms with E-state index < -0.39 is 11.0 Å². The Morgan fingerprint density at radius 3 is 2.50 bits per heavy atom. The van der Waals surface area contributed by atoms with Gasteiger partial charge in [-0.05, 0) is 30.7 Å². The SMILES string of the molecule is CC[C@H](O)[C@@]1(C#Cc2ccccc2)Sc2ccccc2N1C. The molecule has 0 amide bonds. The zero-order valence-corrected chi connectivity index (χ0v) is 13.6. The van der Waals surface area contributed by atoms with Crippen molar-refractivity contribution < 1.29 is 5.11 Å². The summed E-state index contributed by atoms with van der Waals surface area (Å²) in [5.74, 6) is 6.58. The van der Waals surface area contributed by atoms with E-state index in [0.29, 0.717) is 6.42 Å². The van der Waals surface area contributed by atoms with Crippen LogP contribution in [0.5, 0.6) is 0 Å². The lowest BCUT2D eigenvalue weighted by Crippen LogP contribution is -2.49. The van der Waals surface area contributed by atoms with Crippen LogP contribution in [-0.2, 0) is 0 Å². The van der Waals surface area contributed by atoms with Crippen molar-refractivity contribution >= 4 is 17.4 Å². The van der Waals surface area contributed by atoms with Gasteiger partial charge in [0.05, 0.1) is 11.8 Å². The molecule has 0 radical (unpaired) electrons. The minimum absolute atomic E-state index is 0.522. The highest BCUT2D eigenvalue weighted by atomic mass is 32.2. The minimum Gasteiger partial charge on any atom is -0.389 e. The topological polar surface area (TPSA) is 23.5 Å². The van der Waals surface area contributed by atoms with Crippen LogP contribution in [0.3, 0.4) is 0 Å². The predicted molar refractivity (Wildman–Crippen MR) is 93.1 cm³/mol. The van der Waals surface area contributed by atoms with Crippen LogP contribution >= 0.6 is 11.8 Å². The van der Waals surface area contributed by atoms with E-state index in [2.05, 4.69) is 28.9 Å². The molecule has 1 N–H and O–H groups in total. The number of anilines is 1. The largest absolute Gasteiger partial charge is 0.389 e. The third kappa shape index (κ3) is 2.49.